The quantitative estimate of drug-likeness (QED) is 0.825. The molecule has 2 rings (SSSR count). The monoisotopic (exact) mass is 239 g/mol. The fraction of sp³-hybridized carbons (Fsp3) is 0.273. The van der Waals surface area contributed by atoms with E-state index in [9.17, 15) is 9.59 Å². The molecule has 84 valence electrons. The van der Waals surface area contributed by atoms with Crippen molar-refractivity contribution in [3.8, 4) is 0 Å². The van der Waals surface area contributed by atoms with E-state index in [1.165, 1.54) is 12.1 Å². The van der Waals surface area contributed by atoms with Gasteiger partial charge in [-0.25, -0.2) is 4.79 Å². The number of carbonyl (C=O) groups is 2. The highest BCUT2D eigenvalue weighted by Gasteiger charge is 2.26. The maximum atomic E-state index is 11.4. The molecule has 1 aliphatic rings. The van der Waals surface area contributed by atoms with Crippen LogP contribution >= 0.6 is 11.6 Å². The summed E-state index contributed by atoms with van der Waals surface area (Å²) in [6.45, 7) is 0.633. The van der Waals surface area contributed by atoms with Crippen LogP contribution in [0.1, 0.15) is 28.3 Å². The minimum absolute atomic E-state index is 0.0406. The first-order valence-electron chi connectivity index (χ1n) is 4.90. The standard InChI is InChI=1S/C11H10ClNO3/c12-9-2-1-6(5-8(9)11(15)16)7-3-4-13-10(7)14/h1-2,5,7H,3-4H2,(H,13,14)(H,15,16). The van der Waals surface area contributed by atoms with Crippen molar-refractivity contribution in [2.24, 2.45) is 0 Å². The molecule has 0 bridgehead atoms. The minimum Gasteiger partial charge on any atom is -0.478 e. The molecule has 0 saturated carbocycles. The number of hydrogen-bond acceptors (Lipinski definition) is 2. The lowest BCUT2D eigenvalue weighted by Gasteiger charge is -2.08. The predicted molar refractivity (Wildman–Crippen MR) is 58.8 cm³/mol. The van der Waals surface area contributed by atoms with Crippen molar-refractivity contribution in [2.75, 3.05) is 6.54 Å². The highest BCUT2D eigenvalue weighted by atomic mass is 35.5. The van der Waals surface area contributed by atoms with E-state index in [0.29, 0.717) is 18.5 Å². The fourth-order valence-corrected chi connectivity index (χ4v) is 2.03. The first-order valence-corrected chi connectivity index (χ1v) is 5.28. The second kappa shape index (κ2) is 4.14. The Bertz CT molecular complexity index is 459. The second-order valence-corrected chi connectivity index (χ2v) is 4.08. The van der Waals surface area contributed by atoms with Gasteiger partial charge in [0.1, 0.15) is 0 Å². The molecule has 0 aliphatic carbocycles. The third kappa shape index (κ3) is 1.88. The van der Waals surface area contributed by atoms with Gasteiger partial charge in [0.05, 0.1) is 16.5 Å². The molecular weight excluding hydrogens is 230 g/mol. The van der Waals surface area contributed by atoms with Gasteiger partial charge in [0.25, 0.3) is 0 Å². The summed E-state index contributed by atoms with van der Waals surface area (Å²) in [5.74, 6) is -1.39. The van der Waals surface area contributed by atoms with Crippen LogP contribution in [-0.4, -0.2) is 23.5 Å². The van der Waals surface area contributed by atoms with Crippen molar-refractivity contribution in [1.82, 2.24) is 5.32 Å². The van der Waals surface area contributed by atoms with E-state index in [0.717, 1.165) is 0 Å². The average Bonchev–Trinajstić information content (AvgIpc) is 2.65. The van der Waals surface area contributed by atoms with Crippen LogP contribution < -0.4 is 5.32 Å². The molecule has 0 spiro atoms. The summed E-state index contributed by atoms with van der Waals surface area (Å²) in [4.78, 5) is 22.3. The van der Waals surface area contributed by atoms with Crippen LogP contribution in [0, 0.1) is 0 Å². The molecule has 1 amide bonds. The first-order chi connectivity index (χ1) is 7.59. The van der Waals surface area contributed by atoms with Gasteiger partial charge in [-0.3, -0.25) is 4.79 Å². The van der Waals surface area contributed by atoms with E-state index in [4.69, 9.17) is 16.7 Å². The van der Waals surface area contributed by atoms with Gasteiger partial charge in [-0.1, -0.05) is 17.7 Å². The summed E-state index contributed by atoms with van der Waals surface area (Å²) >= 11 is 5.75. The Morgan fingerprint density at radius 2 is 2.25 bits per heavy atom. The molecule has 1 saturated heterocycles. The number of aromatic carboxylic acids is 1. The number of benzene rings is 1. The molecule has 1 fully saturated rings. The Morgan fingerprint density at radius 1 is 1.50 bits per heavy atom. The number of carboxylic acids is 1. The normalized spacial score (nSPS) is 19.6. The Labute approximate surface area is 97.2 Å². The van der Waals surface area contributed by atoms with Gasteiger partial charge < -0.3 is 10.4 Å². The maximum absolute atomic E-state index is 11.4. The van der Waals surface area contributed by atoms with Crippen molar-refractivity contribution in [3.05, 3.63) is 34.3 Å². The molecule has 1 atom stereocenters. The second-order valence-electron chi connectivity index (χ2n) is 3.68. The maximum Gasteiger partial charge on any atom is 0.337 e. The first kappa shape index (κ1) is 11.0. The lowest BCUT2D eigenvalue weighted by molar-refractivity contribution is -0.120. The topological polar surface area (TPSA) is 66.4 Å². The van der Waals surface area contributed by atoms with Crippen LogP contribution in [0.25, 0.3) is 0 Å². The molecule has 0 aromatic heterocycles. The van der Waals surface area contributed by atoms with Crippen LogP contribution in [0.3, 0.4) is 0 Å². The Hall–Kier alpha value is -1.55. The molecule has 5 heteroatoms. The molecule has 16 heavy (non-hydrogen) atoms. The van der Waals surface area contributed by atoms with Crippen molar-refractivity contribution in [2.45, 2.75) is 12.3 Å². The number of halogens is 1. The fourth-order valence-electron chi connectivity index (χ4n) is 1.84. The van der Waals surface area contributed by atoms with E-state index in [2.05, 4.69) is 5.32 Å². The van der Waals surface area contributed by atoms with Gasteiger partial charge in [-0.05, 0) is 24.1 Å². The summed E-state index contributed by atoms with van der Waals surface area (Å²) in [6, 6.07) is 4.69. The van der Waals surface area contributed by atoms with Crippen molar-refractivity contribution in [3.63, 3.8) is 0 Å². The number of hydrogen-bond donors (Lipinski definition) is 2. The van der Waals surface area contributed by atoms with Gasteiger partial charge in [-0.2, -0.15) is 0 Å². The van der Waals surface area contributed by atoms with Gasteiger partial charge in [0, 0.05) is 6.54 Å². The van der Waals surface area contributed by atoms with Crippen LogP contribution in [-0.2, 0) is 4.79 Å². The minimum atomic E-state index is -1.08. The third-order valence-electron chi connectivity index (χ3n) is 2.67. The zero-order chi connectivity index (χ0) is 11.7. The van der Waals surface area contributed by atoms with Gasteiger partial charge >= 0.3 is 5.97 Å². The Morgan fingerprint density at radius 3 is 2.81 bits per heavy atom. The molecule has 4 nitrogen and oxygen atoms in total. The lowest BCUT2D eigenvalue weighted by Crippen LogP contribution is -2.18. The van der Waals surface area contributed by atoms with Gasteiger partial charge in [0.2, 0.25) is 5.91 Å². The molecule has 1 unspecified atom stereocenters. The zero-order valence-corrected chi connectivity index (χ0v) is 9.12. The number of amides is 1. The van der Waals surface area contributed by atoms with Crippen molar-refractivity contribution < 1.29 is 14.7 Å². The molecule has 0 radical (unpaired) electrons. The van der Waals surface area contributed by atoms with Crippen LogP contribution in [0.4, 0.5) is 0 Å². The van der Waals surface area contributed by atoms with Crippen molar-refractivity contribution >= 4 is 23.5 Å². The van der Waals surface area contributed by atoms with Crippen LogP contribution in [0.5, 0.6) is 0 Å². The molecule has 1 heterocycles. The highest BCUT2D eigenvalue weighted by molar-refractivity contribution is 6.33. The molecule has 2 N–H and O–H groups in total. The van der Waals surface area contributed by atoms with E-state index in [1.54, 1.807) is 6.07 Å². The van der Waals surface area contributed by atoms with Gasteiger partial charge in [-0.15, -0.1) is 0 Å². The van der Waals surface area contributed by atoms with Crippen molar-refractivity contribution in [1.29, 1.82) is 0 Å². The number of carbonyl (C=O) groups excluding carboxylic acids is 1. The summed E-state index contributed by atoms with van der Waals surface area (Å²) in [5, 5.41) is 11.8. The largest absolute Gasteiger partial charge is 0.478 e. The van der Waals surface area contributed by atoms with E-state index >= 15 is 0 Å². The Kier molecular flexibility index (Phi) is 2.83. The van der Waals surface area contributed by atoms with E-state index in [1.807, 2.05) is 0 Å². The molecule has 1 aliphatic heterocycles. The number of carboxylic acid groups (broad SMARTS) is 1. The number of rotatable bonds is 2. The summed E-state index contributed by atoms with van der Waals surface area (Å²) in [7, 11) is 0. The number of nitrogens with one attached hydrogen (secondary N) is 1. The smallest absolute Gasteiger partial charge is 0.337 e. The summed E-state index contributed by atoms with van der Waals surface area (Å²) in [5.41, 5.74) is 0.746. The Balaban J connectivity index is 2.39. The summed E-state index contributed by atoms with van der Waals surface area (Å²) in [6.07, 6.45) is 0.694. The zero-order valence-electron chi connectivity index (χ0n) is 8.37. The lowest BCUT2D eigenvalue weighted by atomic mass is 9.96. The van der Waals surface area contributed by atoms with E-state index < -0.39 is 5.97 Å². The molecule has 1 aromatic carbocycles. The average molecular weight is 240 g/mol. The summed E-state index contributed by atoms with van der Waals surface area (Å²) < 4.78 is 0. The molecular formula is C11H10ClNO3. The van der Waals surface area contributed by atoms with E-state index in [-0.39, 0.29) is 22.4 Å². The SMILES string of the molecule is O=C(O)c1cc(C2CCNC2=O)ccc1Cl. The molecule has 1 aromatic rings. The third-order valence-corrected chi connectivity index (χ3v) is 3.00. The highest BCUT2D eigenvalue weighted by Crippen LogP contribution is 2.27. The van der Waals surface area contributed by atoms with Crippen LogP contribution in [0.15, 0.2) is 18.2 Å². The predicted octanol–water partition coefficient (Wildman–Crippen LogP) is 1.64. The van der Waals surface area contributed by atoms with Crippen LogP contribution in [0.2, 0.25) is 5.02 Å². The van der Waals surface area contributed by atoms with Gasteiger partial charge in [0.15, 0.2) is 0 Å².